The van der Waals surface area contributed by atoms with Crippen molar-refractivity contribution in [3.05, 3.63) is 182 Å². The van der Waals surface area contributed by atoms with Crippen molar-refractivity contribution in [1.82, 2.24) is 19.5 Å². The number of thiophene rings is 1. The highest BCUT2D eigenvalue weighted by atomic mass is 32.1. The molecular formula is C53H30N4OS. The summed E-state index contributed by atoms with van der Waals surface area (Å²) in [7, 11) is 0. The Morgan fingerprint density at radius 1 is 0.407 bits per heavy atom. The quantitative estimate of drug-likeness (QED) is 0.179. The second kappa shape index (κ2) is 12.4. The summed E-state index contributed by atoms with van der Waals surface area (Å²) in [5.74, 6) is 1.87. The number of nitrogens with zero attached hydrogens (tertiary/aromatic N) is 4. The fourth-order valence-corrected chi connectivity index (χ4v) is 10.3. The molecule has 0 unspecified atom stereocenters. The van der Waals surface area contributed by atoms with Crippen LogP contribution in [0.3, 0.4) is 0 Å². The van der Waals surface area contributed by atoms with Crippen LogP contribution in [-0.2, 0) is 0 Å². The predicted octanol–water partition coefficient (Wildman–Crippen LogP) is 14.5. The highest BCUT2D eigenvalue weighted by molar-refractivity contribution is 7.26. The monoisotopic (exact) mass is 770 g/mol. The number of aromatic nitrogens is 4. The standard InChI is InChI=1S/C53H30N4OS/c1-2-13-31(14-3-1)51-54-52(56-53(55-51)41-22-12-21-40-38-19-9-11-24-48(38)59-50(40)41)34-25-26-37-43-30-46(35-17-6-7-20-39(35)49(43)58-47(37)29-34)57-44-23-10-8-18-36(44)42-27-32-15-4-5-16-33(32)28-45(42)57/h1-30H. The highest BCUT2D eigenvalue weighted by Gasteiger charge is 2.21. The summed E-state index contributed by atoms with van der Waals surface area (Å²) < 4.78 is 11.7. The molecule has 4 aromatic heterocycles. The molecular weight excluding hydrogens is 741 g/mol. The second-order valence-electron chi connectivity index (χ2n) is 15.2. The average Bonchev–Trinajstić information content (AvgIpc) is 3.97. The zero-order chi connectivity index (χ0) is 38.6. The number of para-hydroxylation sites is 1. The molecule has 4 heterocycles. The van der Waals surface area contributed by atoms with E-state index in [0.717, 1.165) is 59.8 Å². The first-order chi connectivity index (χ1) is 29.2. The molecule has 6 heteroatoms. The third-order valence-electron chi connectivity index (χ3n) is 11.8. The SMILES string of the molecule is c1ccc(-c2nc(-c3ccc4c(c3)oc3c5ccccc5c(-n5c6ccccc6c6cc7ccccc7cc65)cc43)nc(-c3cccc4c3sc3ccccc34)n2)cc1. The molecule has 5 nitrogen and oxygen atoms in total. The molecule has 0 aliphatic carbocycles. The summed E-state index contributed by atoms with van der Waals surface area (Å²) in [6, 6.07) is 64.4. The van der Waals surface area contributed by atoms with Crippen LogP contribution in [0.4, 0.5) is 0 Å². The molecule has 0 radical (unpaired) electrons. The number of benzene rings is 9. The molecule has 0 saturated heterocycles. The van der Waals surface area contributed by atoms with E-state index in [1.807, 2.05) is 30.3 Å². The third kappa shape index (κ3) is 4.87. The normalized spacial score (nSPS) is 12.1. The molecule has 0 bridgehead atoms. The lowest BCUT2D eigenvalue weighted by atomic mass is 10.0. The van der Waals surface area contributed by atoms with Crippen LogP contribution in [0.25, 0.3) is 125 Å². The summed E-state index contributed by atoms with van der Waals surface area (Å²) in [6.45, 7) is 0. The van der Waals surface area contributed by atoms with Crippen molar-refractivity contribution in [1.29, 1.82) is 0 Å². The van der Waals surface area contributed by atoms with E-state index >= 15 is 0 Å². The van der Waals surface area contributed by atoms with Gasteiger partial charge in [-0.3, -0.25) is 0 Å². The molecule has 0 aliphatic rings. The minimum absolute atomic E-state index is 0.595. The van der Waals surface area contributed by atoms with E-state index in [1.54, 1.807) is 11.3 Å². The number of hydrogen-bond donors (Lipinski definition) is 0. The lowest BCUT2D eigenvalue weighted by Crippen LogP contribution is -2.00. The van der Waals surface area contributed by atoms with Crippen molar-refractivity contribution >= 4 is 96.8 Å². The van der Waals surface area contributed by atoms with E-state index in [4.69, 9.17) is 19.4 Å². The van der Waals surface area contributed by atoms with E-state index in [0.29, 0.717) is 17.5 Å². The largest absolute Gasteiger partial charge is 0.455 e. The first-order valence-electron chi connectivity index (χ1n) is 19.8. The van der Waals surface area contributed by atoms with Crippen LogP contribution in [-0.4, -0.2) is 19.5 Å². The maximum Gasteiger partial charge on any atom is 0.165 e. The Morgan fingerprint density at radius 3 is 1.95 bits per heavy atom. The van der Waals surface area contributed by atoms with Crippen LogP contribution >= 0.6 is 11.3 Å². The van der Waals surface area contributed by atoms with Crippen molar-refractivity contribution in [2.45, 2.75) is 0 Å². The first-order valence-corrected chi connectivity index (χ1v) is 20.6. The lowest BCUT2D eigenvalue weighted by Gasteiger charge is -2.13. The van der Waals surface area contributed by atoms with Crippen molar-refractivity contribution in [3.63, 3.8) is 0 Å². The Labute approximate surface area is 341 Å². The Kier molecular flexibility index (Phi) is 6.82. The van der Waals surface area contributed by atoms with E-state index < -0.39 is 0 Å². The molecule has 13 aromatic rings. The maximum absolute atomic E-state index is 6.88. The summed E-state index contributed by atoms with van der Waals surface area (Å²) in [4.78, 5) is 15.4. The molecule has 0 N–H and O–H groups in total. The van der Waals surface area contributed by atoms with E-state index in [1.165, 1.54) is 48.1 Å². The van der Waals surface area contributed by atoms with Gasteiger partial charge in [-0.1, -0.05) is 133 Å². The van der Waals surface area contributed by atoms with Gasteiger partial charge in [0, 0.05) is 69.2 Å². The van der Waals surface area contributed by atoms with Gasteiger partial charge in [-0.15, -0.1) is 11.3 Å². The molecule has 0 aliphatic heterocycles. The lowest BCUT2D eigenvalue weighted by molar-refractivity contribution is 0.672. The van der Waals surface area contributed by atoms with Crippen LogP contribution in [0.1, 0.15) is 0 Å². The molecule has 274 valence electrons. The van der Waals surface area contributed by atoms with Gasteiger partial charge in [-0.05, 0) is 59.3 Å². The smallest absolute Gasteiger partial charge is 0.165 e. The van der Waals surface area contributed by atoms with Gasteiger partial charge in [-0.25, -0.2) is 15.0 Å². The Hall–Kier alpha value is -7.67. The summed E-state index contributed by atoms with van der Waals surface area (Å²) in [5.41, 5.74) is 7.89. The van der Waals surface area contributed by atoms with Crippen LogP contribution in [0, 0.1) is 0 Å². The number of hydrogen-bond acceptors (Lipinski definition) is 5. The van der Waals surface area contributed by atoms with Crippen molar-refractivity contribution in [2.75, 3.05) is 0 Å². The van der Waals surface area contributed by atoms with Crippen molar-refractivity contribution in [3.8, 4) is 39.9 Å². The zero-order valence-electron chi connectivity index (χ0n) is 31.4. The topological polar surface area (TPSA) is 56.7 Å². The van der Waals surface area contributed by atoms with Gasteiger partial charge in [0.15, 0.2) is 17.5 Å². The number of fused-ring (bicyclic) bond motifs is 12. The van der Waals surface area contributed by atoms with Crippen molar-refractivity contribution in [2.24, 2.45) is 0 Å². The van der Waals surface area contributed by atoms with Crippen molar-refractivity contribution < 1.29 is 4.42 Å². The van der Waals surface area contributed by atoms with Gasteiger partial charge < -0.3 is 8.98 Å². The van der Waals surface area contributed by atoms with Gasteiger partial charge >= 0.3 is 0 Å². The van der Waals surface area contributed by atoms with Gasteiger partial charge in [0.25, 0.3) is 0 Å². The maximum atomic E-state index is 6.88. The van der Waals surface area contributed by atoms with E-state index in [9.17, 15) is 0 Å². The molecule has 0 spiro atoms. The van der Waals surface area contributed by atoms with Gasteiger partial charge in [-0.2, -0.15) is 0 Å². The highest BCUT2D eigenvalue weighted by Crippen LogP contribution is 2.43. The van der Waals surface area contributed by atoms with Gasteiger partial charge in [0.1, 0.15) is 11.2 Å². The fraction of sp³-hybridized carbons (Fsp3) is 0. The van der Waals surface area contributed by atoms with Crippen LogP contribution in [0.5, 0.6) is 0 Å². The number of rotatable bonds is 4. The van der Waals surface area contributed by atoms with Gasteiger partial charge in [0.2, 0.25) is 0 Å². The van der Waals surface area contributed by atoms with E-state index in [-0.39, 0.29) is 0 Å². The first kappa shape index (κ1) is 32.4. The van der Waals surface area contributed by atoms with Crippen LogP contribution in [0.2, 0.25) is 0 Å². The summed E-state index contributed by atoms with van der Waals surface area (Å²) in [6.07, 6.45) is 0. The fourth-order valence-electron chi connectivity index (χ4n) is 9.08. The minimum atomic E-state index is 0.595. The molecule has 0 fully saturated rings. The minimum Gasteiger partial charge on any atom is -0.455 e. The molecule has 0 atom stereocenters. The molecule has 9 aromatic carbocycles. The Morgan fingerprint density at radius 2 is 1.08 bits per heavy atom. The molecule has 59 heavy (non-hydrogen) atoms. The third-order valence-corrected chi connectivity index (χ3v) is 13.0. The second-order valence-corrected chi connectivity index (χ2v) is 16.2. The average molecular weight is 771 g/mol. The summed E-state index contributed by atoms with van der Waals surface area (Å²) >= 11 is 1.78. The molecule has 0 amide bonds. The van der Waals surface area contributed by atoms with E-state index in [2.05, 4.69) is 156 Å². The van der Waals surface area contributed by atoms with Gasteiger partial charge in [0.05, 0.1) is 16.7 Å². The molecule has 0 saturated carbocycles. The Balaban J connectivity index is 1.03. The zero-order valence-corrected chi connectivity index (χ0v) is 32.2. The Bertz CT molecular complexity index is 3860. The number of furan rings is 1. The predicted molar refractivity (Wildman–Crippen MR) is 246 cm³/mol. The van der Waals surface area contributed by atoms with Crippen LogP contribution < -0.4 is 0 Å². The molecule has 13 rings (SSSR count). The summed E-state index contributed by atoms with van der Waals surface area (Å²) in [5, 5.41) is 11.6. The van der Waals surface area contributed by atoms with Crippen LogP contribution in [0.15, 0.2) is 186 Å².